The van der Waals surface area contributed by atoms with E-state index in [0.717, 1.165) is 37.7 Å². The van der Waals surface area contributed by atoms with Gasteiger partial charge in [0, 0.05) is 6.54 Å². The number of allylic oxidation sites excluding steroid dienone is 1. The van der Waals surface area contributed by atoms with Crippen molar-refractivity contribution < 1.29 is 23.6 Å². The van der Waals surface area contributed by atoms with Gasteiger partial charge in [-0.3, -0.25) is 4.79 Å². The third kappa shape index (κ3) is 5.92. The van der Waals surface area contributed by atoms with Gasteiger partial charge < -0.3 is 24.3 Å². The lowest BCUT2D eigenvalue weighted by Crippen LogP contribution is -2.65. The number of hydrogen-bond acceptors (Lipinski definition) is 6. The zero-order valence-electron chi connectivity index (χ0n) is 25.1. The van der Waals surface area contributed by atoms with Gasteiger partial charge in [0.05, 0.1) is 23.7 Å². The second kappa shape index (κ2) is 11.8. The van der Waals surface area contributed by atoms with E-state index in [2.05, 4.69) is 32.2 Å². The van der Waals surface area contributed by atoms with Crippen LogP contribution in [0, 0.1) is 34.5 Å². The van der Waals surface area contributed by atoms with Gasteiger partial charge in [-0.25, -0.2) is 4.79 Å². The van der Waals surface area contributed by atoms with Crippen molar-refractivity contribution in [2.24, 2.45) is 23.2 Å². The second-order valence-electron chi connectivity index (χ2n) is 13.5. The minimum atomic E-state index is -0.583. The van der Waals surface area contributed by atoms with Crippen molar-refractivity contribution in [1.29, 1.82) is 5.26 Å². The highest BCUT2D eigenvalue weighted by atomic mass is 16.7. The number of alkyl carbamates (subject to hydrolysis) is 1. The molecule has 2 saturated heterocycles. The largest absolute Gasteiger partial charge is 0.482 e. The van der Waals surface area contributed by atoms with Crippen LogP contribution >= 0.6 is 0 Å². The van der Waals surface area contributed by atoms with Crippen LogP contribution in [0.1, 0.15) is 72.3 Å². The standard InChI is InChI=1S/C32H44BN3O5/c1-21(2)15-23(19-34)29(37)36-14-10-9-13-25(36)20-39-30(38)35-28(16-22-11-7-6-8-12-22)33-40-27-18-24-17-26(31(24,3)4)32(27,5)41-33/h6-8,11-12,15,21,24-28H,9-10,13-14,16-18,20H2,1-5H3,(H,35,38)/t24-,25+,26-,27+,28-,32-/m0/s1. The minimum absolute atomic E-state index is 0.00963. The molecule has 41 heavy (non-hydrogen) atoms. The normalized spacial score (nSPS) is 31.1. The number of amides is 2. The van der Waals surface area contributed by atoms with Crippen molar-refractivity contribution in [3.63, 3.8) is 0 Å². The van der Waals surface area contributed by atoms with Gasteiger partial charge in [0.15, 0.2) is 0 Å². The SMILES string of the molecule is CC(C)C=C(C#N)C(=O)N1CCCC[C@@H]1COC(=O)N[C@@H](Cc1ccccc1)B1O[C@@H]2C[C@@H]3C[C@@H](C3(C)C)[C@]2(C)O1. The van der Waals surface area contributed by atoms with E-state index in [0.29, 0.717) is 24.8 Å². The molecule has 2 heterocycles. The Morgan fingerprint density at radius 1 is 1.22 bits per heavy atom. The number of benzene rings is 1. The van der Waals surface area contributed by atoms with Crippen molar-refractivity contribution in [3.05, 3.63) is 47.5 Å². The first-order valence-electron chi connectivity index (χ1n) is 15.3. The zero-order chi connectivity index (χ0) is 29.4. The molecule has 0 unspecified atom stereocenters. The number of piperidine rings is 1. The molecular formula is C32H44BN3O5. The van der Waals surface area contributed by atoms with E-state index in [1.165, 1.54) is 0 Å². The van der Waals surface area contributed by atoms with Crippen LogP contribution in [0.25, 0.3) is 0 Å². The molecule has 3 aliphatic carbocycles. The molecule has 6 atom stereocenters. The van der Waals surface area contributed by atoms with Gasteiger partial charge in [0.2, 0.25) is 0 Å². The van der Waals surface area contributed by atoms with Gasteiger partial charge in [0.1, 0.15) is 18.2 Å². The number of nitriles is 1. The number of nitrogens with one attached hydrogen (secondary N) is 1. The summed E-state index contributed by atoms with van der Waals surface area (Å²) in [6.07, 6.45) is 6.35. The number of carbonyl (C=O) groups is 2. The Morgan fingerprint density at radius 3 is 2.66 bits per heavy atom. The summed E-state index contributed by atoms with van der Waals surface area (Å²) in [7, 11) is -0.583. The number of nitrogens with zero attached hydrogens (tertiary/aromatic N) is 2. The van der Waals surface area contributed by atoms with Gasteiger partial charge in [-0.2, -0.15) is 5.26 Å². The molecule has 9 heteroatoms. The zero-order valence-corrected chi connectivity index (χ0v) is 25.1. The number of ether oxygens (including phenoxy) is 1. The average Bonchev–Trinajstić information content (AvgIpc) is 3.32. The first kappa shape index (κ1) is 29.7. The average molecular weight is 562 g/mol. The summed E-state index contributed by atoms with van der Waals surface area (Å²) in [4.78, 5) is 28.1. The number of carbonyl (C=O) groups excluding carboxylic acids is 2. The topological polar surface area (TPSA) is 101 Å². The lowest BCUT2D eigenvalue weighted by atomic mass is 9.43. The molecule has 1 aromatic carbocycles. The highest BCUT2D eigenvalue weighted by Gasteiger charge is 2.68. The molecule has 1 N–H and O–H groups in total. The van der Waals surface area contributed by atoms with Crippen LogP contribution in [0.4, 0.5) is 4.79 Å². The summed E-state index contributed by atoms with van der Waals surface area (Å²) in [5.41, 5.74) is 1.06. The molecule has 2 amide bonds. The first-order valence-corrected chi connectivity index (χ1v) is 15.3. The Kier molecular flexibility index (Phi) is 8.55. The predicted molar refractivity (Wildman–Crippen MR) is 156 cm³/mol. The number of hydrogen-bond donors (Lipinski definition) is 1. The van der Waals surface area contributed by atoms with Crippen LogP contribution in [-0.4, -0.2) is 60.9 Å². The maximum absolute atomic E-state index is 13.2. The summed E-state index contributed by atoms with van der Waals surface area (Å²) in [6, 6.07) is 11.8. The molecule has 0 spiro atoms. The Bertz CT molecular complexity index is 1200. The lowest BCUT2D eigenvalue weighted by Gasteiger charge is -2.64. The molecule has 0 aromatic heterocycles. The molecule has 2 bridgehead atoms. The predicted octanol–water partition coefficient (Wildman–Crippen LogP) is 5.08. The van der Waals surface area contributed by atoms with Crippen LogP contribution in [0.2, 0.25) is 0 Å². The van der Waals surface area contributed by atoms with Gasteiger partial charge in [-0.1, -0.05) is 64.1 Å². The highest BCUT2D eigenvalue weighted by Crippen LogP contribution is 2.65. The fourth-order valence-electron chi connectivity index (χ4n) is 7.60. The molecule has 220 valence electrons. The van der Waals surface area contributed by atoms with E-state index >= 15 is 0 Å². The Labute approximate surface area is 244 Å². The van der Waals surface area contributed by atoms with Gasteiger partial charge in [0.25, 0.3) is 5.91 Å². The Morgan fingerprint density at radius 2 is 1.98 bits per heavy atom. The van der Waals surface area contributed by atoms with Crippen molar-refractivity contribution in [2.75, 3.05) is 13.2 Å². The maximum atomic E-state index is 13.2. The minimum Gasteiger partial charge on any atom is -0.447 e. The van der Waals surface area contributed by atoms with E-state index in [-0.39, 0.29) is 47.2 Å². The van der Waals surface area contributed by atoms with Crippen LogP contribution in [0.3, 0.4) is 0 Å². The van der Waals surface area contributed by atoms with Crippen LogP contribution in [-0.2, 0) is 25.3 Å². The molecule has 5 fully saturated rings. The first-order chi connectivity index (χ1) is 19.5. The fraction of sp³-hybridized carbons (Fsp3) is 0.656. The monoisotopic (exact) mass is 561 g/mol. The van der Waals surface area contributed by atoms with Gasteiger partial charge >= 0.3 is 13.2 Å². The van der Waals surface area contributed by atoms with Crippen LogP contribution in [0.5, 0.6) is 0 Å². The van der Waals surface area contributed by atoms with Crippen LogP contribution in [0.15, 0.2) is 42.0 Å². The lowest BCUT2D eigenvalue weighted by molar-refractivity contribution is -0.199. The maximum Gasteiger partial charge on any atom is 0.482 e. The highest BCUT2D eigenvalue weighted by molar-refractivity contribution is 6.47. The van der Waals surface area contributed by atoms with Crippen molar-refractivity contribution in [1.82, 2.24) is 10.2 Å². The number of rotatable bonds is 8. The quantitative estimate of drug-likeness (QED) is 0.270. The summed E-state index contributed by atoms with van der Waals surface area (Å²) >= 11 is 0. The summed E-state index contributed by atoms with van der Waals surface area (Å²) in [5.74, 6) is 0.420. The number of likely N-dealkylation sites (tertiary alicyclic amines) is 1. The molecule has 1 aromatic rings. The Hall–Kier alpha value is -2.83. The summed E-state index contributed by atoms with van der Waals surface area (Å²) in [6.45, 7) is 11.3. The molecule has 5 aliphatic rings. The van der Waals surface area contributed by atoms with Crippen molar-refractivity contribution >= 4 is 19.1 Å². The van der Waals surface area contributed by atoms with E-state index in [4.69, 9.17) is 14.0 Å². The van der Waals surface area contributed by atoms with Gasteiger partial charge in [-0.05, 0) is 74.2 Å². The molecule has 6 rings (SSSR count). The second-order valence-corrected chi connectivity index (χ2v) is 13.5. The summed E-state index contributed by atoms with van der Waals surface area (Å²) in [5, 5.41) is 12.6. The molecular weight excluding hydrogens is 517 g/mol. The smallest absolute Gasteiger partial charge is 0.447 e. The molecule has 2 aliphatic heterocycles. The molecule has 3 saturated carbocycles. The summed E-state index contributed by atoms with van der Waals surface area (Å²) < 4.78 is 19.0. The van der Waals surface area contributed by atoms with Crippen molar-refractivity contribution in [2.45, 2.75) is 96.8 Å². The van der Waals surface area contributed by atoms with Crippen molar-refractivity contribution in [3.8, 4) is 6.07 Å². The van der Waals surface area contributed by atoms with E-state index in [1.807, 2.05) is 44.2 Å². The molecule has 0 radical (unpaired) electrons. The van der Waals surface area contributed by atoms with E-state index in [1.54, 1.807) is 11.0 Å². The Balaban J connectivity index is 1.25. The molecule has 8 nitrogen and oxygen atoms in total. The van der Waals surface area contributed by atoms with E-state index < -0.39 is 19.2 Å². The van der Waals surface area contributed by atoms with E-state index in [9.17, 15) is 14.9 Å². The van der Waals surface area contributed by atoms with Crippen LogP contribution < -0.4 is 5.32 Å². The van der Waals surface area contributed by atoms with Gasteiger partial charge in [-0.15, -0.1) is 0 Å². The third-order valence-electron chi connectivity index (χ3n) is 10.0. The third-order valence-corrected chi connectivity index (χ3v) is 10.0. The fourth-order valence-corrected chi connectivity index (χ4v) is 7.60.